The molecule has 0 aromatic rings. The standard InChI is InChI=1S/C7H15NO2/c1-5(2)4-6(8-3)7(9)10/h5-6,8H,4H2,1-3H3,(H,9,10)/t6-/m0/s1/i3D3. The Morgan fingerprint density at radius 3 is 2.70 bits per heavy atom. The first-order chi connectivity index (χ1) is 5.72. The minimum Gasteiger partial charge on any atom is -0.480 e. The Morgan fingerprint density at radius 1 is 1.80 bits per heavy atom. The van der Waals surface area contributed by atoms with Gasteiger partial charge in [-0.05, 0) is 19.3 Å². The molecule has 0 saturated heterocycles. The fourth-order valence-electron chi connectivity index (χ4n) is 0.693. The van der Waals surface area contributed by atoms with Gasteiger partial charge in [-0.2, -0.15) is 0 Å². The molecule has 60 valence electrons. The van der Waals surface area contributed by atoms with Crippen LogP contribution in [0.4, 0.5) is 0 Å². The molecular weight excluding hydrogens is 130 g/mol. The van der Waals surface area contributed by atoms with Gasteiger partial charge in [0, 0.05) is 4.11 Å². The summed E-state index contributed by atoms with van der Waals surface area (Å²) >= 11 is 0. The van der Waals surface area contributed by atoms with Crippen LogP contribution in [0.5, 0.6) is 0 Å². The van der Waals surface area contributed by atoms with Gasteiger partial charge in [0.25, 0.3) is 0 Å². The molecule has 0 radical (unpaired) electrons. The number of rotatable bonds is 4. The van der Waals surface area contributed by atoms with Gasteiger partial charge in [0.2, 0.25) is 0 Å². The zero-order chi connectivity index (χ0) is 10.6. The van der Waals surface area contributed by atoms with Crippen LogP contribution in [0.1, 0.15) is 24.4 Å². The quantitative estimate of drug-likeness (QED) is 0.617. The maximum absolute atomic E-state index is 10.6. The van der Waals surface area contributed by atoms with Crippen LogP contribution in [0.15, 0.2) is 0 Å². The molecule has 0 aliphatic carbocycles. The van der Waals surface area contributed by atoms with Crippen molar-refractivity contribution in [1.82, 2.24) is 5.32 Å². The summed E-state index contributed by atoms with van der Waals surface area (Å²) in [5, 5.41) is 10.8. The minimum atomic E-state index is -2.39. The van der Waals surface area contributed by atoms with Gasteiger partial charge in [0.05, 0.1) is 0 Å². The van der Waals surface area contributed by atoms with Gasteiger partial charge in [-0.3, -0.25) is 4.79 Å². The lowest BCUT2D eigenvalue weighted by atomic mass is 10.0. The van der Waals surface area contributed by atoms with Crippen LogP contribution in [-0.2, 0) is 4.79 Å². The predicted molar refractivity (Wildman–Crippen MR) is 39.9 cm³/mol. The van der Waals surface area contributed by atoms with Crippen LogP contribution in [0.3, 0.4) is 0 Å². The Bertz CT molecular complexity index is 179. The van der Waals surface area contributed by atoms with Crippen LogP contribution in [0.25, 0.3) is 0 Å². The Hall–Kier alpha value is -0.570. The molecule has 0 bridgehead atoms. The number of carboxylic acid groups (broad SMARTS) is 1. The van der Waals surface area contributed by atoms with Crippen LogP contribution in [-0.4, -0.2) is 24.1 Å². The van der Waals surface area contributed by atoms with Gasteiger partial charge >= 0.3 is 5.97 Å². The lowest BCUT2D eigenvalue weighted by Gasteiger charge is -2.12. The van der Waals surface area contributed by atoms with E-state index >= 15 is 0 Å². The molecule has 10 heavy (non-hydrogen) atoms. The summed E-state index contributed by atoms with van der Waals surface area (Å²) in [5.41, 5.74) is 0. The fourth-order valence-corrected chi connectivity index (χ4v) is 0.693. The number of aliphatic carboxylic acids is 1. The minimum absolute atomic E-state index is 0.149. The van der Waals surface area contributed by atoms with E-state index in [1.54, 1.807) is 0 Å². The molecule has 0 rings (SSSR count). The van der Waals surface area contributed by atoms with Crippen molar-refractivity contribution in [2.45, 2.75) is 26.3 Å². The highest BCUT2D eigenvalue weighted by Crippen LogP contribution is 2.03. The van der Waals surface area contributed by atoms with E-state index in [9.17, 15) is 4.79 Å². The van der Waals surface area contributed by atoms with Gasteiger partial charge in [-0.25, -0.2) is 0 Å². The Kier molecular flexibility index (Phi) is 2.19. The number of nitrogens with one attached hydrogen (secondary N) is 1. The average Bonchev–Trinajstić information content (AvgIpc) is 1.81. The smallest absolute Gasteiger partial charge is 0.320 e. The fraction of sp³-hybridized carbons (Fsp3) is 0.857. The number of carboxylic acids is 1. The van der Waals surface area contributed by atoms with Crippen molar-refractivity contribution in [1.29, 1.82) is 0 Å². The van der Waals surface area contributed by atoms with E-state index in [4.69, 9.17) is 9.22 Å². The van der Waals surface area contributed by atoms with Gasteiger partial charge in [0.15, 0.2) is 0 Å². The van der Waals surface area contributed by atoms with Gasteiger partial charge < -0.3 is 10.4 Å². The van der Waals surface area contributed by atoms with E-state index in [0.717, 1.165) is 0 Å². The molecular formula is C7H15NO2. The van der Waals surface area contributed by atoms with E-state index < -0.39 is 19.0 Å². The molecule has 0 unspecified atom stereocenters. The summed E-state index contributed by atoms with van der Waals surface area (Å²) in [7, 11) is 0. The van der Waals surface area contributed by atoms with Crippen molar-refractivity contribution >= 4 is 5.97 Å². The first kappa shape index (κ1) is 5.13. The molecule has 0 aromatic heterocycles. The van der Waals surface area contributed by atoms with E-state index in [2.05, 4.69) is 5.32 Å². The van der Waals surface area contributed by atoms with Gasteiger partial charge in [-0.1, -0.05) is 13.8 Å². The number of carbonyl (C=O) groups is 1. The van der Waals surface area contributed by atoms with Crippen molar-refractivity contribution in [3.8, 4) is 0 Å². The van der Waals surface area contributed by atoms with Crippen molar-refractivity contribution in [2.75, 3.05) is 6.98 Å². The zero-order valence-corrected chi connectivity index (χ0v) is 6.22. The molecule has 0 aromatic carbocycles. The SMILES string of the molecule is [2H]C([2H])([2H])N[C@@H](CC(C)C)C(=O)O. The normalized spacial score (nSPS) is 19.3. The molecule has 3 heteroatoms. The van der Waals surface area contributed by atoms with Crippen molar-refractivity contribution in [3.63, 3.8) is 0 Å². The first-order valence-electron chi connectivity index (χ1n) is 4.73. The molecule has 1 atom stereocenters. The Balaban J connectivity index is 4.19. The second-order valence-corrected chi connectivity index (χ2v) is 2.66. The van der Waals surface area contributed by atoms with Crippen molar-refractivity contribution in [3.05, 3.63) is 0 Å². The van der Waals surface area contributed by atoms with Crippen LogP contribution < -0.4 is 5.32 Å². The van der Waals surface area contributed by atoms with Crippen molar-refractivity contribution in [2.24, 2.45) is 5.92 Å². The topological polar surface area (TPSA) is 49.3 Å². The summed E-state index contributed by atoms with van der Waals surface area (Å²) in [6.07, 6.45) is 0.313. The van der Waals surface area contributed by atoms with Gasteiger partial charge in [-0.15, -0.1) is 0 Å². The van der Waals surface area contributed by atoms with Crippen LogP contribution in [0.2, 0.25) is 0 Å². The largest absolute Gasteiger partial charge is 0.480 e. The molecule has 0 aliphatic rings. The second-order valence-electron chi connectivity index (χ2n) is 2.66. The third kappa shape index (κ3) is 3.45. The maximum Gasteiger partial charge on any atom is 0.320 e. The summed E-state index contributed by atoms with van der Waals surface area (Å²) in [4.78, 5) is 10.6. The summed E-state index contributed by atoms with van der Waals surface area (Å²) in [6.45, 7) is 1.30. The lowest BCUT2D eigenvalue weighted by Crippen LogP contribution is -2.34. The molecule has 0 spiro atoms. The highest BCUT2D eigenvalue weighted by Gasteiger charge is 2.15. The van der Waals surface area contributed by atoms with E-state index in [1.165, 1.54) is 0 Å². The molecule has 0 saturated carbocycles. The first-order valence-corrected chi connectivity index (χ1v) is 3.23. The second kappa shape index (κ2) is 4.28. The molecule has 2 N–H and O–H groups in total. The zero-order valence-electron chi connectivity index (χ0n) is 9.22. The number of hydrogen-bond acceptors (Lipinski definition) is 2. The Labute approximate surface area is 65.6 Å². The third-order valence-electron chi connectivity index (χ3n) is 1.18. The van der Waals surface area contributed by atoms with Gasteiger partial charge in [0.1, 0.15) is 6.04 Å². The highest BCUT2D eigenvalue weighted by molar-refractivity contribution is 5.73. The lowest BCUT2D eigenvalue weighted by molar-refractivity contribution is -0.139. The molecule has 0 fully saturated rings. The highest BCUT2D eigenvalue weighted by atomic mass is 16.4. The summed E-state index contributed by atoms with van der Waals surface area (Å²) in [5.74, 6) is -0.972. The molecule has 0 aliphatic heterocycles. The van der Waals surface area contributed by atoms with E-state index in [-0.39, 0.29) is 5.92 Å². The monoisotopic (exact) mass is 148 g/mol. The van der Waals surface area contributed by atoms with Crippen molar-refractivity contribution < 1.29 is 14.0 Å². The predicted octanol–water partition coefficient (Wildman–Crippen LogP) is 0.705. The number of hydrogen-bond donors (Lipinski definition) is 2. The third-order valence-corrected chi connectivity index (χ3v) is 1.18. The maximum atomic E-state index is 10.6. The van der Waals surface area contributed by atoms with Crippen LogP contribution in [0, 0.1) is 5.92 Å². The summed E-state index contributed by atoms with van der Waals surface area (Å²) < 4.78 is 20.6. The van der Waals surface area contributed by atoms with E-state index in [0.29, 0.717) is 6.42 Å². The molecule has 0 heterocycles. The van der Waals surface area contributed by atoms with E-state index in [1.807, 2.05) is 13.8 Å². The number of likely N-dealkylation sites (N-methyl/N-ethyl adjacent to an activating group) is 1. The van der Waals surface area contributed by atoms with Crippen LogP contribution >= 0.6 is 0 Å². The summed E-state index contributed by atoms with van der Waals surface area (Å²) in [6, 6.07) is -0.993. The Morgan fingerprint density at radius 2 is 2.40 bits per heavy atom. The average molecular weight is 148 g/mol. The molecule has 3 nitrogen and oxygen atoms in total. The molecule has 0 amide bonds.